The molecule has 3 nitrogen and oxygen atoms in total. The largest absolute Gasteiger partial charge is 0.489 e. The van der Waals surface area contributed by atoms with E-state index in [1.54, 1.807) is 6.07 Å². The highest BCUT2D eigenvalue weighted by molar-refractivity contribution is 5.91. The van der Waals surface area contributed by atoms with Crippen LogP contribution in [0.2, 0.25) is 0 Å². The normalized spacial score (nSPS) is 10.4. The van der Waals surface area contributed by atoms with Gasteiger partial charge in [-0.15, -0.1) is 0 Å². The van der Waals surface area contributed by atoms with Crippen molar-refractivity contribution in [3.05, 3.63) is 64.2 Å². The first kappa shape index (κ1) is 17.1. The Bertz CT molecular complexity index is 689. The van der Waals surface area contributed by atoms with E-state index in [0.717, 1.165) is 28.9 Å². The Balaban J connectivity index is 2.20. The molecule has 0 aromatic heterocycles. The molecule has 0 aliphatic heterocycles. The third-order valence-corrected chi connectivity index (χ3v) is 3.77. The predicted octanol–water partition coefficient (Wildman–Crippen LogP) is 4.76. The lowest BCUT2D eigenvalue weighted by molar-refractivity contribution is 0.0502. The minimum Gasteiger partial charge on any atom is -0.489 e. The predicted molar refractivity (Wildman–Crippen MR) is 92.0 cm³/mol. The summed E-state index contributed by atoms with van der Waals surface area (Å²) in [5.74, 6) is 0.557. The van der Waals surface area contributed by atoms with Crippen LogP contribution in [0.5, 0.6) is 5.75 Å². The molecule has 0 spiro atoms. The van der Waals surface area contributed by atoms with Gasteiger partial charge in [-0.1, -0.05) is 36.8 Å². The third kappa shape index (κ3) is 4.35. The molecule has 0 radical (unpaired) electrons. The van der Waals surface area contributed by atoms with Gasteiger partial charge in [0, 0.05) is 5.56 Å². The van der Waals surface area contributed by atoms with Gasteiger partial charge in [-0.05, 0) is 50.5 Å². The molecule has 0 heterocycles. The number of esters is 1. The monoisotopic (exact) mass is 312 g/mol. The fourth-order valence-corrected chi connectivity index (χ4v) is 2.47. The highest BCUT2D eigenvalue weighted by Gasteiger charge is 2.15. The summed E-state index contributed by atoms with van der Waals surface area (Å²) in [6.45, 7) is 8.83. The van der Waals surface area contributed by atoms with E-state index in [4.69, 9.17) is 9.47 Å². The summed E-state index contributed by atoms with van der Waals surface area (Å²) in [6.07, 6.45) is 0.811. The van der Waals surface area contributed by atoms with Crippen LogP contribution in [0.25, 0.3) is 0 Å². The molecule has 0 aliphatic carbocycles. The standard InChI is InChI=1S/C20H24O3/c1-5-11-22-20(21)17-8-6-7-15(3)18(17)13-23-19-10-9-14(2)12-16(19)4/h6-10,12H,5,11,13H2,1-4H3. The van der Waals surface area contributed by atoms with Crippen molar-refractivity contribution >= 4 is 5.97 Å². The molecule has 0 unspecified atom stereocenters. The summed E-state index contributed by atoms with van der Waals surface area (Å²) >= 11 is 0. The fourth-order valence-electron chi connectivity index (χ4n) is 2.47. The molecule has 3 heteroatoms. The van der Waals surface area contributed by atoms with Gasteiger partial charge in [0.05, 0.1) is 12.2 Å². The summed E-state index contributed by atoms with van der Waals surface area (Å²) in [6, 6.07) is 11.7. The molecule has 0 atom stereocenters. The third-order valence-electron chi connectivity index (χ3n) is 3.77. The number of hydrogen-bond acceptors (Lipinski definition) is 3. The molecule has 2 rings (SSSR count). The molecular formula is C20H24O3. The number of benzene rings is 2. The van der Waals surface area contributed by atoms with Gasteiger partial charge in [-0.3, -0.25) is 0 Å². The van der Waals surface area contributed by atoms with E-state index in [-0.39, 0.29) is 5.97 Å². The number of aryl methyl sites for hydroxylation is 3. The first-order valence-electron chi connectivity index (χ1n) is 7.98. The molecule has 0 aliphatic rings. The summed E-state index contributed by atoms with van der Waals surface area (Å²) < 4.78 is 11.2. The Kier molecular flexibility index (Phi) is 5.80. The van der Waals surface area contributed by atoms with Crippen molar-refractivity contribution in [3.63, 3.8) is 0 Å². The van der Waals surface area contributed by atoms with Crippen molar-refractivity contribution in [3.8, 4) is 5.75 Å². The maximum atomic E-state index is 12.2. The lowest BCUT2D eigenvalue weighted by Crippen LogP contribution is -2.12. The number of rotatable bonds is 6. The first-order valence-corrected chi connectivity index (χ1v) is 7.98. The Morgan fingerprint density at radius 3 is 2.52 bits per heavy atom. The van der Waals surface area contributed by atoms with E-state index in [1.165, 1.54) is 5.56 Å². The Hall–Kier alpha value is -2.29. The molecule has 23 heavy (non-hydrogen) atoms. The van der Waals surface area contributed by atoms with Gasteiger partial charge < -0.3 is 9.47 Å². The number of hydrogen-bond donors (Lipinski definition) is 0. The second-order valence-corrected chi connectivity index (χ2v) is 5.79. The molecule has 2 aromatic carbocycles. The van der Waals surface area contributed by atoms with Crippen LogP contribution in [0.4, 0.5) is 0 Å². The van der Waals surface area contributed by atoms with Crippen LogP contribution in [0.3, 0.4) is 0 Å². The van der Waals surface area contributed by atoms with Crippen LogP contribution in [0, 0.1) is 20.8 Å². The van der Waals surface area contributed by atoms with E-state index in [2.05, 4.69) is 13.0 Å². The maximum absolute atomic E-state index is 12.2. The van der Waals surface area contributed by atoms with Crippen molar-refractivity contribution in [2.75, 3.05) is 6.61 Å². The second kappa shape index (κ2) is 7.82. The number of ether oxygens (including phenoxy) is 2. The summed E-state index contributed by atoms with van der Waals surface area (Å²) in [5.41, 5.74) is 4.79. The van der Waals surface area contributed by atoms with Gasteiger partial charge in [0.1, 0.15) is 12.4 Å². The first-order chi connectivity index (χ1) is 11.0. The van der Waals surface area contributed by atoms with Gasteiger partial charge in [0.25, 0.3) is 0 Å². The van der Waals surface area contributed by atoms with Crippen molar-refractivity contribution in [1.82, 2.24) is 0 Å². The van der Waals surface area contributed by atoms with E-state index < -0.39 is 0 Å². The molecule has 0 fully saturated rings. The zero-order valence-electron chi connectivity index (χ0n) is 14.3. The molecule has 0 saturated carbocycles. The summed E-state index contributed by atoms with van der Waals surface area (Å²) in [7, 11) is 0. The van der Waals surface area contributed by atoms with Gasteiger partial charge in [0.15, 0.2) is 0 Å². The van der Waals surface area contributed by atoms with E-state index >= 15 is 0 Å². The van der Waals surface area contributed by atoms with E-state index in [1.807, 2.05) is 45.0 Å². The lowest BCUT2D eigenvalue weighted by Gasteiger charge is -2.14. The van der Waals surface area contributed by atoms with Crippen molar-refractivity contribution in [2.45, 2.75) is 40.7 Å². The Morgan fingerprint density at radius 2 is 1.83 bits per heavy atom. The van der Waals surface area contributed by atoms with Crippen LogP contribution in [-0.4, -0.2) is 12.6 Å². The molecular weight excluding hydrogens is 288 g/mol. The summed E-state index contributed by atoms with van der Waals surface area (Å²) in [4.78, 5) is 12.2. The molecule has 0 amide bonds. The highest BCUT2D eigenvalue weighted by atomic mass is 16.5. The molecule has 0 bridgehead atoms. The topological polar surface area (TPSA) is 35.5 Å². The lowest BCUT2D eigenvalue weighted by atomic mass is 10.0. The van der Waals surface area contributed by atoms with Crippen molar-refractivity contribution in [2.24, 2.45) is 0 Å². The summed E-state index contributed by atoms with van der Waals surface area (Å²) in [5, 5.41) is 0. The molecule has 0 saturated heterocycles. The second-order valence-electron chi connectivity index (χ2n) is 5.79. The molecule has 0 N–H and O–H groups in total. The zero-order chi connectivity index (χ0) is 16.8. The van der Waals surface area contributed by atoms with E-state index in [9.17, 15) is 4.79 Å². The number of carbonyl (C=O) groups excluding carboxylic acids is 1. The zero-order valence-corrected chi connectivity index (χ0v) is 14.3. The average molecular weight is 312 g/mol. The van der Waals surface area contributed by atoms with E-state index in [0.29, 0.717) is 18.8 Å². The van der Waals surface area contributed by atoms with Gasteiger partial charge in [0.2, 0.25) is 0 Å². The quantitative estimate of drug-likeness (QED) is 0.722. The van der Waals surface area contributed by atoms with Crippen LogP contribution >= 0.6 is 0 Å². The molecule has 122 valence electrons. The van der Waals surface area contributed by atoms with Gasteiger partial charge in [-0.2, -0.15) is 0 Å². The minimum atomic E-state index is -0.283. The van der Waals surface area contributed by atoms with Crippen LogP contribution < -0.4 is 4.74 Å². The number of carbonyl (C=O) groups is 1. The maximum Gasteiger partial charge on any atom is 0.338 e. The van der Waals surface area contributed by atoms with Gasteiger partial charge >= 0.3 is 5.97 Å². The van der Waals surface area contributed by atoms with Crippen molar-refractivity contribution < 1.29 is 14.3 Å². The molecule has 2 aromatic rings. The van der Waals surface area contributed by atoms with Crippen LogP contribution in [0.1, 0.15) is 46.0 Å². The highest BCUT2D eigenvalue weighted by Crippen LogP contribution is 2.22. The van der Waals surface area contributed by atoms with Gasteiger partial charge in [-0.25, -0.2) is 4.79 Å². The SMILES string of the molecule is CCCOC(=O)c1cccc(C)c1COc1ccc(C)cc1C. The smallest absolute Gasteiger partial charge is 0.338 e. The minimum absolute atomic E-state index is 0.283. The van der Waals surface area contributed by atoms with Crippen LogP contribution in [-0.2, 0) is 11.3 Å². The van der Waals surface area contributed by atoms with Crippen LogP contribution in [0.15, 0.2) is 36.4 Å². The Labute approximate surface area is 138 Å². The average Bonchev–Trinajstić information content (AvgIpc) is 2.52. The van der Waals surface area contributed by atoms with Crippen molar-refractivity contribution in [1.29, 1.82) is 0 Å². The Morgan fingerprint density at radius 1 is 1.04 bits per heavy atom. The fraction of sp³-hybridized carbons (Fsp3) is 0.350.